The van der Waals surface area contributed by atoms with Crippen LogP contribution in [0, 0.1) is 6.92 Å². The van der Waals surface area contributed by atoms with Crippen LogP contribution < -0.4 is 0 Å². The number of hydrogen-bond donors (Lipinski definition) is 0. The molecule has 0 atom stereocenters. The second-order valence-electron chi connectivity index (χ2n) is 7.93. The summed E-state index contributed by atoms with van der Waals surface area (Å²) in [5.74, 6) is -0.139. The highest BCUT2D eigenvalue weighted by atomic mass is 32.2. The summed E-state index contributed by atoms with van der Waals surface area (Å²) >= 11 is 0.798. The van der Waals surface area contributed by atoms with Gasteiger partial charge < -0.3 is 14.1 Å². The number of benzene rings is 1. The molecule has 3 heterocycles. The average molecular weight is 469 g/mol. The molecule has 4 rings (SSSR count). The molecule has 0 aliphatic carbocycles. The third kappa shape index (κ3) is 4.88. The first-order valence-corrected chi connectivity index (χ1v) is 11.5. The maximum absolute atomic E-state index is 12.8. The van der Waals surface area contributed by atoms with Crippen LogP contribution in [0.5, 0.6) is 0 Å². The van der Waals surface area contributed by atoms with E-state index in [2.05, 4.69) is 0 Å². The van der Waals surface area contributed by atoms with Crippen LogP contribution in [0.2, 0.25) is 0 Å². The fourth-order valence-electron chi connectivity index (χ4n) is 3.90. The van der Waals surface area contributed by atoms with Crippen molar-refractivity contribution < 1.29 is 28.3 Å². The Morgan fingerprint density at radius 3 is 2.58 bits per heavy atom. The van der Waals surface area contributed by atoms with Gasteiger partial charge in [0.2, 0.25) is 5.91 Å². The molecule has 172 valence electrons. The molecule has 2 aliphatic rings. The highest BCUT2D eigenvalue weighted by molar-refractivity contribution is 8.18. The second kappa shape index (κ2) is 9.66. The number of aryl methyl sites for hydroxylation is 1. The minimum atomic E-state index is -0.494. The fraction of sp³-hybridized carbons (Fsp3) is 0.333. The second-order valence-corrected chi connectivity index (χ2v) is 8.93. The number of likely N-dealkylation sites (tertiary alicyclic amines) is 1. The zero-order chi connectivity index (χ0) is 23.5. The van der Waals surface area contributed by atoms with Crippen molar-refractivity contribution in [3.8, 4) is 11.3 Å². The van der Waals surface area contributed by atoms with E-state index in [-0.39, 0.29) is 17.4 Å². The molecule has 0 saturated carbocycles. The Bertz CT molecular complexity index is 1150. The molecule has 2 fully saturated rings. The van der Waals surface area contributed by atoms with Crippen LogP contribution in [0.1, 0.15) is 40.9 Å². The number of nitrogens with zero attached hydrogens (tertiary/aromatic N) is 2. The normalized spacial score (nSPS) is 17.7. The number of imide groups is 1. The van der Waals surface area contributed by atoms with Gasteiger partial charge in [0.05, 0.1) is 17.6 Å². The number of methoxy groups -OCH3 is 1. The number of piperidine rings is 1. The first kappa shape index (κ1) is 22.8. The summed E-state index contributed by atoms with van der Waals surface area (Å²) in [6.45, 7) is 2.95. The van der Waals surface area contributed by atoms with E-state index in [9.17, 15) is 19.2 Å². The Labute approximate surface area is 195 Å². The Morgan fingerprint density at radius 2 is 1.88 bits per heavy atom. The highest BCUT2D eigenvalue weighted by Crippen LogP contribution is 2.34. The maximum atomic E-state index is 12.8. The first-order chi connectivity index (χ1) is 15.9. The van der Waals surface area contributed by atoms with Crippen molar-refractivity contribution in [3.63, 3.8) is 0 Å². The molecule has 2 aromatic rings. The van der Waals surface area contributed by atoms with Crippen LogP contribution >= 0.6 is 11.8 Å². The predicted octanol–water partition coefficient (Wildman–Crippen LogP) is 4.09. The Morgan fingerprint density at radius 1 is 1.12 bits per heavy atom. The number of carbonyl (C=O) groups excluding carboxylic acids is 4. The smallest absolute Gasteiger partial charge is 0.337 e. The quantitative estimate of drug-likeness (QED) is 0.482. The molecule has 1 aromatic heterocycles. The van der Waals surface area contributed by atoms with E-state index in [1.807, 2.05) is 6.92 Å². The number of rotatable bonds is 5. The molecule has 2 saturated heterocycles. The minimum absolute atomic E-state index is 0.204. The molecule has 2 aliphatic heterocycles. The van der Waals surface area contributed by atoms with E-state index in [0.29, 0.717) is 30.2 Å². The van der Waals surface area contributed by atoms with Crippen LogP contribution in [0.15, 0.2) is 39.7 Å². The Balaban J connectivity index is 1.48. The van der Waals surface area contributed by atoms with Crippen molar-refractivity contribution >= 4 is 40.9 Å². The van der Waals surface area contributed by atoms with Crippen LogP contribution in [0.3, 0.4) is 0 Å². The van der Waals surface area contributed by atoms with E-state index in [0.717, 1.165) is 47.1 Å². The Hall–Kier alpha value is -3.33. The van der Waals surface area contributed by atoms with Gasteiger partial charge in [-0.1, -0.05) is 6.07 Å². The summed E-state index contributed by atoms with van der Waals surface area (Å²) in [7, 11) is 1.33. The lowest BCUT2D eigenvalue weighted by molar-refractivity contribution is -0.136. The lowest BCUT2D eigenvalue weighted by atomic mass is 10.0. The molecule has 0 unspecified atom stereocenters. The van der Waals surface area contributed by atoms with Gasteiger partial charge in [-0.15, -0.1) is 0 Å². The van der Waals surface area contributed by atoms with Gasteiger partial charge in [0.1, 0.15) is 18.1 Å². The number of furan rings is 1. The maximum Gasteiger partial charge on any atom is 0.337 e. The van der Waals surface area contributed by atoms with Crippen molar-refractivity contribution in [1.29, 1.82) is 0 Å². The van der Waals surface area contributed by atoms with Gasteiger partial charge in [0.15, 0.2) is 0 Å². The molecular formula is C24H24N2O6S. The Kier molecular flexibility index (Phi) is 6.69. The average Bonchev–Trinajstić information content (AvgIpc) is 3.39. The highest BCUT2D eigenvalue weighted by Gasteiger charge is 2.37. The summed E-state index contributed by atoms with van der Waals surface area (Å²) in [5.41, 5.74) is 2.07. The van der Waals surface area contributed by atoms with Crippen molar-refractivity contribution in [1.82, 2.24) is 9.80 Å². The SMILES string of the molecule is COC(=O)c1ccc(-c2ccc(/C=C3\SC(=O)N(CC(=O)N4CCCCC4)C3=O)o2)c(C)c1. The van der Waals surface area contributed by atoms with Gasteiger partial charge in [-0.05, 0) is 67.8 Å². The van der Waals surface area contributed by atoms with Crippen molar-refractivity contribution in [3.05, 3.63) is 52.1 Å². The first-order valence-electron chi connectivity index (χ1n) is 10.7. The van der Waals surface area contributed by atoms with Gasteiger partial charge in [0, 0.05) is 24.7 Å². The molecule has 0 spiro atoms. The lowest BCUT2D eigenvalue weighted by Crippen LogP contribution is -2.44. The van der Waals surface area contributed by atoms with E-state index in [1.54, 1.807) is 35.2 Å². The zero-order valence-corrected chi connectivity index (χ0v) is 19.3. The third-order valence-corrected chi connectivity index (χ3v) is 6.60. The van der Waals surface area contributed by atoms with Crippen molar-refractivity contribution in [2.75, 3.05) is 26.7 Å². The van der Waals surface area contributed by atoms with Gasteiger partial charge >= 0.3 is 5.97 Å². The largest absolute Gasteiger partial charge is 0.465 e. The van der Waals surface area contributed by atoms with Gasteiger partial charge in [0.25, 0.3) is 11.1 Å². The molecule has 0 N–H and O–H groups in total. The van der Waals surface area contributed by atoms with Gasteiger partial charge in [-0.2, -0.15) is 0 Å². The number of hydrogen-bond acceptors (Lipinski definition) is 7. The van der Waals surface area contributed by atoms with E-state index < -0.39 is 17.1 Å². The number of carbonyl (C=O) groups is 4. The minimum Gasteiger partial charge on any atom is -0.465 e. The monoisotopic (exact) mass is 468 g/mol. The molecule has 33 heavy (non-hydrogen) atoms. The zero-order valence-electron chi connectivity index (χ0n) is 18.5. The van der Waals surface area contributed by atoms with Crippen molar-refractivity contribution in [2.45, 2.75) is 26.2 Å². The van der Waals surface area contributed by atoms with Gasteiger partial charge in [-0.25, -0.2) is 4.79 Å². The summed E-state index contributed by atoms with van der Waals surface area (Å²) in [6.07, 6.45) is 4.49. The number of esters is 1. The molecule has 9 heteroatoms. The molecule has 3 amide bonds. The summed E-state index contributed by atoms with van der Waals surface area (Å²) in [4.78, 5) is 52.3. The predicted molar refractivity (Wildman–Crippen MR) is 123 cm³/mol. The molecule has 8 nitrogen and oxygen atoms in total. The number of amides is 3. The topological polar surface area (TPSA) is 97.1 Å². The molecule has 0 bridgehead atoms. The lowest BCUT2D eigenvalue weighted by Gasteiger charge is -2.27. The molecule has 0 radical (unpaired) electrons. The summed E-state index contributed by atoms with van der Waals surface area (Å²) in [5, 5.41) is -0.461. The van der Waals surface area contributed by atoms with E-state index >= 15 is 0 Å². The third-order valence-electron chi connectivity index (χ3n) is 5.69. The molecule has 1 aromatic carbocycles. The number of thioether (sulfide) groups is 1. The summed E-state index contributed by atoms with van der Waals surface area (Å²) in [6, 6.07) is 8.60. The van der Waals surface area contributed by atoms with E-state index in [1.165, 1.54) is 13.2 Å². The van der Waals surface area contributed by atoms with Crippen LogP contribution in [-0.4, -0.2) is 59.6 Å². The van der Waals surface area contributed by atoms with Crippen LogP contribution in [0.4, 0.5) is 4.79 Å². The van der Waals surface area contributed by atoms with Crippen molar-refractivity contribution in [2.24, 2.45) is 0 Å². The van der Waals surface area contributed by atoms with Crippen LogP contribution in [0.25, 0.3) is 17.4 Å². The van der Waals surface area contributed by atoms with E-state index in [4.69, 9.17) is 9.15 Å². The van der Waals surface area contributed by atoms with Crippen LogP contribution in [-0.2, 0) is 14.3 Å². The number of ether oxygens (including phenoxy) is 1. The fourth-order valence-corrected chi connectivity index (χ4v) is 4.72. The van der Waals surface area contributed by atoms with Gasteiger partial charge in [-0.3, -0.25) is 19.3 Å². The molecular weight excluding hydrogens is 444 g/mol. The standard InChI is InChI=1S/C24H24N2O6S/c1-15-12-16(23(29)31-2)6-8-18(15)19-9-7-17(32-19)13-20-22(28)26(24(30)33-20)14-21(27)25-10-4-3-5-11-25/h6-9,12-13H,3-5,10-11,14H2,1-2H3/b20-13-. The summed E-state index contributed by atoms with van der Waals surface area (Å²) < 4.78 is 10.6.